The van der Waals surface area contributed by atoms with E-state index in [1.165, 1.54) is 0 Å². The van der Waals surface area contributed by atoms with E-state index >= 15 is 0 Å². The molecule has 148 valence electrons. The molecule has 0 spiro atoms. The number of nitrogens with one attached hydrogen (secondary N) is 2. The van der Waals surface area contributed by atoms with Crippen LogP contribution < -0.4 is 20.1 Å². The normalized spacial score (nSPS) is 11.9. The van der Waals surface area contributed by atoms with Gasteiger partial charge in [-0.1, -0.05) is 12.1 Å². The first kappa shape index (κ1) is 22.9. The molecule has 0 saturated heterocycles. The van der Waals surface area contributed by atoms with Crippen LogP contribution in [0.1, 0.15) is 31.0 Å². The van der Waals surface area contributed by atoms with E-state index in [2.05, 4.69) is 15.6 Å². The summed E-state index contributed by atoms with van der Waals surface area (Å²) in [4.78, 5) is 4.62. The lowest BCUT2D eigenvalue weighted by atomic mass is 10.1. The Bertz CT molecular complexity index is 736. The summed E-state index contributed by atoms with van der Waals surface area (Å²) in [6.45, 7) is 5.33. The second-order valence-electron chi connectivity index (χ2n) is 5.84. The van der Waals surface area contributed by atoms with Crippen LogP contribution in [-0.4, -0.2) is 31.8 Å². The van der Waals surface area contributed by atoms with Gasteiger partial charge in [0.2, 0.25) is 0 Å². The Morgan fingerprint density at radius 1 is 1.11 bits per heavy atom. The van der Waals surface area contributed by atoms with Crippen molar-refractivity contribution in [3.8, 4) is 17.2 Å². The van der Waals surface area contributed by atoms with Crippen LogP contribution in [0.25, 0.3) is 0 Å². The van der Waals surface area contributed by atoms with Gasteiger partial charge in [0.1, 0.15) is 17.2 Å². The zero-order valence-corrected chi connectivity index (χ0v) is 18.5. The standard InChI is InChI=1S/C20H27N3O3.HI/c1-5-21-20(22-13-15-6-8-16(24)9-7-15)23-14(2)18-12-17(25-3)10-11-19(18)26-4;/h6-12,14,24H,5,13H2,1-4H3,(H2,21,22,23);1H. The van der Waals surface area contributed by atoms with Crippen LogP contribution in [0.3, 0.4) is 0 Å². The lowest BCUT2D eigenvalue weighted by Crippen LogP contribution is -2.38. The molecule has 0 radical (unpaired) electrons. The minimum Gasteiger partial charge on any atom is -0.508 e. The molecular formula is C20H28IN3O3. The number of halogens is 1. The zero-order chi connectivity index (χ0) is 18.9. The SMILES string of the molecule is CCNC(=NCc1ccc(O)cc1)NC(C)c1cc(OC)ccc1OC.I. The number of methoxy groups -OCH3 is 2. The van der Waals surface area contributed by atoms with E-state index in [0.717, 1.165) is 29.2 Å². The van der Waals surface area contributed by atoms with E-state index in [-0.39, 0.29) is 35.8 Å². The van der Waals surface area contributed by atoms with Crippen LogP contribution in [0.4, 0.5) is 0 Å². The number of hydrogen-bond acceptors (Lipinski definition) is 4. The predicted octanol–water partition coefficient (Wildman–Crippen LogP) is 3.84. The molecule has 2 aromatic carbocycles. The van der Waals surface area contributed by atoms with Crippen molar-refractivity contribution >= 4 is 29.9 Å². The second-order valence-corrected chi connectivity index (χ2v) is 5.84. The van der Waals surface area contributed by atoms with E-state index in [0.29, 0.717) is 12.5 Å². The highest BCUT2D eigenvalue weighted by Gasteiger charge is 2.14. The Balaban J connectivity index is 0.00000364. The van der Waals surface area contributed by atoms with Crippen molar-refractivity contribution in [2.75, 3.05) is 20.8 Å². The average Bonchev–Trinajstić information content (AvgIpc) is 2.66. The summed E-state index contributed by atoms with van der Waals surface area (Å²) in [7, 11) is 3.30. The summed E-state index contributed by atoms with van der Waals surface area (Å²) in [6.07, 6.45) is 0. The molecule has 2 rings (SSSR count). The third-order valence-electron chi connectivity index (χ3n) is 3.96. The van der Waals surface area contributed by atoms with Crippen LogP contribution in [0.5, 0.6) is 17.2 Å². The molecule has 0 bridgehead atoms. The van der Waals surface area contributed by atoms with Gasteiger partial charge < -0.3 is 25.2 Å². The Hall–Kier alpha value is -2.16. The van der Waals surface area contributed by atoms with Crippen LogP contribution in [0.2, 0.25) is 0 Å². The first-order chi connectivity index (χ1) is 12.6. The molecule has 0 fully saturated rings. The molecule has 3 N–H and O–H groups in total. The first-order valence-corrected chi connectivity index (χ1v) is 8.62. The minimum atomic E-state index is -0.0299. The molecule has 27 heavy (non-hydrogen) atoms. The maximum atomic E-state index is 9.37. The van der Waals surface area contributed by atoms with Gasteiger partial charge in [-0.15, -0.1) is 24.0 Å². The van der Waals surface area contributed by atoms with Crippen molar-refractivity contribution in [2.45, 2.75) is 26.4 Å². The van der Waals surface area contributed by atoms with Gasteiger partial charge in [-0.2, -0.15) is 0 Å². The van der Waals surface area contributed by atoms with Gasteiger partial charge >= 0.3 is 0 Å². The number of phenolic OH excluding ortho intramolecular Hbond substituents is 1. The van der Waals surface area contributed by atoms with Gasteiger partial charge in [0.05, 0.1) is 26.8 Å². The maximum absolute atomic E-state index is 9.37. The summed E-state index contributed by atoms with van der Waals surface area (Å²) >= 11 is 0. The topological polar surface area (TPSA) is 75.1 Å². The molecule has 0 aliphatic rings. The third-order valence-corrected chi connectivity index (χ3v) is 3.96. The number of guanidine groups is 1. The molecule has 1 unspecified atom stereocenters. The fourth-order valence-corrected chi connectivity index (χ4v) is 2.55. The van der Waals surface area contributed by atoms with E-state index in [4.69, 9.17) is 9.47 Å². The van der Waals surface area contributed by atoms with Crippen molar-refractivity contribution in [1.82, 2.24) is 10.6 Å². The van der Waals surface area contributed by atoms with Gasteiger partial charge in [0, 0.05) is 12.1 Å². The van der Waals surface area contributed by atoms with Crippen molar-refractivity contribution in [1.29, 1.82) is 0 Å². The van der Waals surface area contributed by atoms with Gasteiger partial charge in [0.15, 0.2) is 5.96 Å². The highest BCUT2D eigenvalue weighted by atomic mass is 127. The monoisotopic (exact) mass is 485 g/mol. The molecule has 7 heteroatoms. The summed E-state index contributed by atoms with van der Waals surface area (Å²) in [5.74, 6) is 2.53. The van der Waals surface area contributed by atoms with E-state index in [1.54, 1.807) is 26.4 Å². The molecule has 0 saturated carbocycles. The van der Waals surface area contributed by atoms with E-state index in [9.17, 15) is 5.11 Å². The second kappa shape index (κ2) is 11.5. The molecular weight excluding hydrogens is 457 g/mol. The fraction of sp³-hybridized carbons (Fsp3) is 0.350. The van der Waals surface area contributed by atoms with E-state index < -0.39 is 0 Å². The van der Waals surface area contributed by atoms with Gasteiger partial charge in [-0.3, -0.25) is 0 Å². The fourth-order valence-electron chi connectivity index (χ4n) is 2.55. The summed E-state index contributed by atoms with van der Waals surface area (Å²) in [5.41, 5.74) is 2.01. The van der Waals surface area contributed by atoms with Gasteiger partial charge in [-0.05, 0) is 49.7 Å². The Labute approximate surface area is 178 Å². The first-order valence-electron chi connectivity index (χ1n) is 8.62. The van der Waals surface area contributed by atoms with Gasteiger partial charge in [-0.25, -0.2) is 4.99 Å². The van der Waals surface area contributed by atoms with Crippen molar-refractivity contribution in [3.05, 3.63) is 53.6 Å². The average molecular weight is 485 g/mol. The van der Waals surface area contributed by atoms with Crippen LogP contribution in [0, 0.1) is 0 Å². The zero-order valence-electron chi connectivity index (χ0n) is 16.2. The van der Waals surface area contributed by atoms with E-state index in [1.807, 2.05) is 44.2 Å². The number of hydrogen-bond donors (Lipinski definition) is 3. The number of aromatic hydroxyl groups is 1. The maximum Gasteiger partial charge on any atom is 0.192 e. The van der Waals surface area contributed by atoms with Crippen LogP contribution >= 0.6 is 24.0 Å². The third kappa shape index (κ3) is 6.82. The Kier molecular flexibility index (Phi) is 9.77. The Morgan fingerprint density at radius 3 is 2.41 bits per heavy atom. The Morgan fingerprint density at radius 2 is 1.81 bits per heavy atom. The highest BCUT2D eigenvalue weighted by molar-refractivity contribution is 14.0. The molecule has 0 amide bonds. The molecule has 0 aliphatic heterocycles. The highest BCUT2D eigenvalue weighted by Crippen LogP contribution is 2.29. The molecule has 1 atom stereocenters. The summed E-state index contributed by atoms with van der Waals surface area (Å²) < 4.78 is 10.8. The lowest BCUT2D eigenvalue weighted by molar-refractivity contribution is 0.394. The van der Waals surface area contributed by atoms with Crippen molar-refractivity contribution in [3.63, 3.8) is 0 Å². The molecule has 2 aromatic rings. The summed E-state index contributed by atoms with van der Waals surface area (Å²) in [6, 6.07) is 12.7. The minimum absolute atomic E-state index is 0. The van der Waals surface area contributed by atoms with Crippen LogP contribution in [0.15, 0.2) is 47.5 Å². The number of rotatable bonds is 7. The molecule has 6 nitrogen and oxygen atoms in total. The number of phenols is 1. The number of ether oxygens (including phenoxy) is 2. The number of nitrogens with zero attached hydrogens (tertiary/aromatic N) is 1. The number of benzene rings is 2. The quantitative estimate of drug-likeness (QED) is 0.316. The van der Waals surface area contributed by atoms with Crippen molar-refractivity contribution in [2.24, 2.45) is 4.99 Å². The number of aliphatic imine (C=N–C) groups is 1. The largest absolute Gasteiger partial charge is 0.508 e. The summed E-state index contributed by atoms with van der Waals surface area (Å²) in [5, 5.41) is 16.0. The van der Waals surface area contributed by atoms with Crippen molar-refractivity contribution < 1.29 is 14.6 Å². The van der Waals surface area contributed by atoms with Gasteiger partial charge in [0.25, 0.3) is 0 Å². The smallest absolute Gasteiger partial charge is 0.192 e. The molecule has 0 aromatic heterocycles. The molecule has 0 aliphatic carbocycles. The van der Waals surface area contributed by atoms with Crippen LogP contribution in [-0.2, 0) is 6.54 Å². The lowest BCUT2D eigenvalue weighted by Gasteiger charge is -2.20. The predicted molar refractivity (Wildman–Crippen MR) is 119 cm³/mol. The molecule has 0 heterocycles.